The summed E-state index contributed by atoms with van der Waals surface area (Å²) in [4.78, 5) is 41.8. The standard InChI is InChI=1S/C34H43NO6/c1-8-11-21-15-22(16-27(40-10-3)32(21)41-14-9-2)29-30-23(17-33(4,5)19-25(30)36)35(13-12-28(38)39)24-18-34(6,7)20-26(37)31(24)29/h8-9,15-16,29H,1-2,10-14,17-20H2,3-7H3,(H,38,39). The van der Waals surface area contributed by atoms with E-state index in [2.05, 4.69) is 40.9 Å². The fraction of sp³-hybridized carbons (Fsp3) is 0.500. The van der Waals surface area contributed by atoms with Crippen LogP contribution in [0.1, 0.15) is 83.8 Å². The fourth-order valence-electron chi connectivity index (χ4n) is 6.58. The van der Waals surface area contributed by atoms with E-state index in [0.29, 0.717) is 68.0 Å². The molecule has 41 heavy (non-hydrogen) atoms. The molecule has 7 heteroatoms. The van der Waals surface area contributed by atoms with Gasteiger partial charge in [-0.3, -0.25) is 14.4 Å². The molecular formula is C34H43NO6. The van der Waals surface area contributed by atoms with Crippen molar-refractivity contribution in [2.24, 2.45) is 10.8 Å². The Balaban J connectivity index is 2.03. The van der Waals surface area contributed by atoms with E-state index in [1.54, 1.807) is 12.2 Å². The highest BCUT2D eigenvalue weighted by Crippen LogP contribution is 2.55. The van der Waals surface area contributed by atoms with E-state index in [1.807, 2.05) is 24.0 Å². The molecule has 7 nitrogen and oxygen atoms in total. The van der Waals surface area contributed by atoms with Gasteiger partial charge in [-0.2, -0.15) is 0 Å². The van der Waals surface area contributed by atoms with Crippen molar-refractivity contribution < 1.29 is 29.0 Å². The number of hydrogen-bond donors (Lipinski definition) is 1. The summed E-state index contributed by atoms with van der Waals surface area (Å²) in [5, 5.41) is 9.59. The second-order valence-electron chi connectivity index (χ2n) is 12.9. The largest absolute Gasteiger partial charge is 0.490 e. The number of ether oxygens (including phenoxy) is 2. The van der Waals surface area contributed by atoms with Crippen LogP contribution in [-0.2, 0) is 20.8 Å². The van der Waals surface area contributed by atoms with Gasteiger partial charge in [0.25, 0.3) is 0 Å². The SMILES string of the molecule is C=CCOc1c(CC=C)cc(C2C3=C(CC(C)(C)CC3=O)N(CCC(=O)O)C3=C2C(=O)CC(C)(C)C3)cc1OCC. The van der Waals surface area contributed by atoms with Gasteiger partial charge in [-0.1, -0.05) is 52.5 Å². The number of carboxylic acids is 1. The Kier molecular flexibility index (Phi) is 8.67. The van der Waals surface area contributed by atoms with Crippen molar-refractivity contribution in [1.29, 1.82) is 0 Å². The van der Waals surface area contributed by atoms with Crippen LogP contribution in [0.15, 0.2) is 60.0 Å². The molecule has 0 atom stereocenters. The van der Waals surface area contributed by atoms with Gasteiger partial charge >= 0.3 is 5.97 Å². The van der Waals surface area contributed by atoms with Crippen molar-refractivity contribution >= 4 is 17.5 Å². The van der Waals surface area contributed by atoms with Gasteiger partial charge in [0.1, 0.15) is 6.61 Å². The van der Waals surface area contributed by atoms with E-state index in [-0.39, 0.29) is 35.4 Å². The number of carbonyl (C=O) groups is 3. The van der Waals surface area contributed by atoms with E-state index >= 15 is 0 Å². The summed E-state index contributed by atoms with van der Waals surface area (Å²) in [6.45, 7) is 18.8. The number of aliphatic carboxylic acids is 1. The summed E-state index contributed by atoms with van der Waals surface area (Å²) in [5.41, 5.74) is 3.97. The Bertz CT molecular complexity index is 1290. The molecule has 0 saturated carbocycles. The highest BCUT2D eigenvalue weighted by atomic mass is 16.5. The van der Waals surface area contributed by atoms with Crippen molar-refractivity contribution in [2.45, 2.75) is 79.1 Å². The summed E-state index contributed by atoms with van der Waals surface area (Å²) in [6, 6.07) is 3.91. The molecule has 0 fully saturated rings. The van der Waals surface area contributed by atoms with Crippen LogP contribution in [0, 0.1) is 10.8 Å². The lowest BCUT2D eigenvalue weighted by Gasteiger charge is -2.49. The lowest BCUT2D eigenvalue weighted by molar-refractivity contribution is -0.137. The smallest absolute Gasteiger partial charge is 0.305 e. The maximum absolute atomic E-state index is 14.0. The molecule has 0 saturated heterocycles. The Morgan fingerprint density at radius 2 is 1.56 bits per heavy atom. The third kappa shape index (κ3) is 6.19. The zero-order valence-corrected chi connectivity index (χ0v) is 25.1. The van der Waals surface area contributed by atoms with E-state index in [1.165, 1.54) is 0 Å². The zero-order valence-electron chi connectivity index (χ0n) is 25.1. The average Bonchev–Trinajstić information content (AvgIpc) is 2.85. The molecule has 1 aliphatic heterocycles. The van der Waals surface area contributed by atoms with Gasteiger partial charge in [0.05, 0.1) is 13.0 Å². The van der Waals surface area contributed by atoms with Gasteiger partial charge in [0.15, 0.2) is 23.1 Å². The highest BCUT2D eigenvalue weighted by molar-refractivity contribution is 6.07. The first-order chi connectivity index (χ1) is 19.3. The van der Waals surface area contributed by atoms with Gasteiger partial charge in [-0.05, 0) is 48.6 Å². The topological polar surface area (TPSA) is 93.1 Å². The highest BCUT2D eigenvalue weighted by Gasteiger charge is 2.49. The number of benzene rings is 1. The van der Waals surface area contributed by atoms with Crippen LogP contribution in [0.2, 0.25) is 0 Å². The first kappa shape index (κ1) is 30.4. The molecule has 0 spiro atoms. The van der Waals surface area contributed by atoms with Crippen molar-refractivity contribution in [2.75, 3.05) is 19.8 Å². The first-order valence-corrected chi connectivity index (χ1v) is 14.5. The van der Waals surface area contributed by atoms with E-state index in [0.717, 1.165) is 22.5 Å². The Morgan fingerprint density at radius 1 is 0.976 bits per heavy atom. The van der Waals surface area contributed by atoms with Gasteiger partial charge in [-0.25, -0.2) is 0 Å². The molecule has 0 radical (unpaired) electrons. The van der Waals surface area contributed by atoms with Crippen LogP contribution in [0.5, 0.6) is 11.5 Å². The van der Waals surface area contributed by atoms with E-state index in [4.69, 9.17) is 9.47 Å². The minimum Gasteiger partial charge on any atom is -0.490 e. The molecule has 1 heterocycles. The number of Topliss-reactive ketones (excluding diaryl/α,β-unsaturated/α-hetero) is 2. The number of rotatable bonds is 11. The van der Waals surface area contributed by atoms with Crippen LogP contribution in [0.4, 0.5) is 0 Å². The van der Waals surface area contributed by atoms with Gasteiger partial charge in [0, 0.05) is 53.4 Å². The number of allylic oxidation sites excluding steroid dienone is 5. The van der Waals surface area contributed by atoms with Crippen molar-refractivity contribution in [3.05, 3.63) is 71.1 Å². The maximum atomic E-state index is 14.0. The molecule has 3 aliphatic rings. The normalized spacial score (nSPS) is 20.0. The summed E-state index contributed by atoms with van der Waals surface area (Å²) < 4.78 is 12.1. The molecule has 2 aliphatic carbocycles. The molecule has 1 aromatic carbocycles. The lowest BCUT2D eigenvalue weighted by atomic mass is 9.63. The summed E-state index contributed by atoms with van der Waals surface area (Å²) >= 11 is 0. The van der Waals surface area contributed by atoms with Gasteiger partial charge in [-0.15, -0.1) is 6.58 Å². The van der Waals surface area contributed by atoms with Crippen molar-refractivity contribution in [1.82, 2.24) is 4.90 Å². The second-order valence-corrected chi connectivity index (χ2v) is 12.9. The Hall–Kier alpha value is -3.61. The first-order valence-electron chi connectivity index (χ1n) is 14.5. The van der Waals surface area contributed by atoms with Crippen LogP contribution in [-0.4, -0.2) is 47.3 Å². The predicted molar refractivity (Wildman–Crippen MR) is 159 cm³/mol. The van der Waals surface area contributed by atoms with E-state index in [9.17, 15) is 19.5 Å². The van der Waals surface area contributed by atoms with Crippen molar-refractivity contribution in [3.8, 4) is 11.5 Å². The number of hydrogen-bond acceptors (Lipinski definition) is 6. The second kappa shape index (κ2) is 11.7. The average molecular weight is 562 g/mol. The van der Waals surface area contributed by atoms with Crippen molar-refractivity contribution in [3.63, 3.8) is 0 Å². The zero-order chi connectivity index (χ0) is 30.1. The molecule has 1 aromatic rings. The summed E-state index contributed by atoms with van der Waals surface area (Å²) in [6.07, 6.45) is 5.84. The number of carbonyl (C=O) groups excluding carboxylic acids is 2. The predicted octanol–water partition coefficient (Wildman–Crippen LogP) is 6.54. The third-order valence-corrected chi connectivity index (χ3v) is 8.07. The molecule has 0 bridgehead atoms. The van der Waals surface area contributed by atoms with Crippen LogP contribution >= 0.6 is 0 Å². The number of carboxylic acid groups (broad SMARTS) is 1. The minimum atomic E-state index is -0.912. The summed E-state index contributed by atoms with van der Waals surface area (Å²) in [5.74, 6) is -0.324. The fourth-order valence-corrected chi connectivity index (χ4v) is 6.58. The number of nitrogens with zero attached hydrogens (tertiary/aromatic N) is 1. The number of ketones is 2. The molecule has 220 valence electrons. The molecule has 0 unspecified atom stereocenters. The minimum absolute atomic E-state index is 0.000901. The molecule has 1 N–H and O–H groups in total. The van der Waals surface area contributed by atoms with Crippen LogP contribution in [0.3, 0.4) is 0 Å². The molecular weight excluding hydrogens is 518 g/mol. The summed E-state index contributed by atoms with van der Waals surface area (Å²) in [7, 11) is 0. The van der Waals surface area contributed by atoms with Crippen LogP contribution in [0.25, 0.3) is 0 Å². The third-order valence-electron chi connectivity index (χ3n) is 8.07. The van der Waals surface area contributed by atoms with Gasteiger partial charge < -0.3 is 19.5 Å². The molecule has 0 aromatic heterocycles. The Labute approximate surface area is 243 Å². The monoisotopic (exact) mass is 561 g/mol. The van der Waals surface area contributed by atoms with Crippen LogP contribution < -0.4 is 9.47 Å². The quantitative estimate of drug-likeness (QED) is 0.307. The van der Waals surface area contributed by atoms with Gasteiger partial charge in [0.2, 0.25) is 0 Å². The van der Waals surface area contributed by atoms with E-state index < -0.39 is 11.9 Å². The molecule has 0 amide bonds. The lowest BCUT2D eigenvalue weighted by Crippen LogP contribution is -2.45. The maximum Gasteiger partial charge on any atom is 0.305 e. The Morgan fingerprint density at radius 3 is 2.05 bits per heavy atom. The molecule has 4 rings (SSSR count).